The summed E-state index contributed by atoms with van der Waals surface area (Å²) in [6.45, 7) is 16.3. The molecule has 0 radical (unpaired) electrons. The van der Waals surface area contributed by atoms with Crippen LogP contribution >= 0.6 is 0 Å². The number of esters is 1. The summed E-state index contributed by atoms with van der Waals surface area (Å²) in [6, 6.07) is 16.7. The van der Waals surface area contributed by atoms with Gasteiger partial charge in [-0.05, 0) is 152 Å². The van der Waals surface area contributed by atoms with Crippen molar-refractivity contribution in [2.45, 2.75) is 170 Å². The lowest BCUT2D eigenvalue weighted by molar-refractivity contribution is -0.151. The Morgan fingerprint density at radius 2 is 1.53 bits per heavy atom. The maximum Gasteiger partial charge on any atom is 0.306 e. The third kappa shape index (κ3) is 10.4. The van der Waals surface area contributed by atoms with E-state index in [0.29, 0.717) is 23.9 Å². The second-order valence-corrected chi connectivity index (χ2v) is 19.3. The predicted octanol–water partition coefficient (Wildman–Crippen LogP) is 14.2. The third-order valence-electron chi connectivity index (χ3n) is 15.1. The number of hydrogen-bond donors (Lipinski definition) is 0. The Balaban J connectivity index is 0.891. The topological polar surface area (TPSA) is 44.8 Å². The zero-order valence-corrected chi connectivity index (χ0v) is 35.7. The molecule has 3 saturated carbocycles. The quantitative estimate of drug-likeness (QED) is 0.0767. The van der Waals surface area contributed by atoms with E-state index in [1.807, 2.05) is 6.07 Å². The van der Waals surface area contributed by atoms with Crippen molar-refractivity contribution in [3.8, 4) is 22.6 Å². The molecule has 4 heteroatoms. The molecule has 0 aliphatic heterocycles. The van der Waals surface area contributed by atoms with Crippen LogP contribution < -0.4 is 9.47 Å². The van der Waals surface area contributed by atoms with Gasteiger partial charge in [0.15, 0.2) is 0 Å². The Hall–Kier alpha value is -2.75. The number of carbonyl (C=O) groups excluding carboxylic acids is 1. The van der Waals surface area contributed by atoms with Gasteiger partial charge in [0.1, 0.15) is 17.6 Å². The van der Waals surface area contributed by atoms with Crippen molar-refractivity contribution >= 4 is 5.97 Å². The summed E-state index contributed by atoms with van der Waals surface area (Å²) in [5.41, 5.74) is 4.73. The monoisotopic (exact) mass is 753 g/mol. The van der Waals surface area contributed by atoms with Crippen molar-refractivity contribution in [1.29, 1.82) is 0 Å². The molecule has 0 saturated heterocycles. The minimum atomic E-state index is -0.0163. The summed E-state index contributed by atoms with van der Waals surface area (Å²) >= 11 is 0. The number of carbonyl (C=O) groups is 1. The fraction of sp³-hybridized carbons (Fsp3) is 0.706. The molecular weight excluding hydrogens is 677 g/mol. The van der Waals surface area contributed by atoms with Crippen LogP contribution in [0.1, 0.15) is 164 Å². The first-order valence-corrected chi connectivity index (χ1v) is 23.0. The number of unbranched alkanes of at least 4 members (excludes halogenated alkanes) is 5. The molecule has 0 unspecified atom stereocenters. The number of ether oxygens (including phenoxy) is 3. The van der Waals surface area contributed by atoms with Crippen molar-refractivity contribution in [3.63, 3.8) is 0 Å². The molecule has 304 valence electrons. The maximum atomic E-state index is 13.0. The molecule has 0 N–H and O–H groups in total. The van der Waals surface area contributed by atoms with Gasteiger partial charge in [0, 0.05) is 12.8 Å². The Labute approximate surface area is 336 Å². The molecule has 3 fully saturated rings. The highest BCUT2D eigenvalue weighted by molar-refractivity contribution is 5.69. The van der Waals surface area contributed by atoms with Crippen LogP contribution in [0.2, 0.25) is 0 Å². The highest BCUT2D eigenvalue weighted by Gasteiger charge is 2.59. The molecule has 4 aliphatic carbocycles. The molecule has 0 bridgehead atoms. The summed E-state index contributed by atoms with van der Waals surface area (Å²) in [4.78, 5) is 13.0. The molecule has 55 heavy (non-hydrogen) atoms. The minimum absolute atomic E-state index is 0.0163. The maximum absolute atomic E-state index is 13.0. The van der Waals surface area contributed by atoms with E-state index in [-0.39, 0.29) is 12.1 Å². The number of allylic oxidation sites excluding steroid dienone is 1. The second kappa shape index (κ2) is 19.6. The fourth-order valence-corrected chi connectivity index (χ4v) is 12.0. The van der Waals surface area contributed by atoms with Gasteiger partial charge in [-0.3, -0.25) is 4.79 Å². The van der Waals surface area contributed by atoms with Crippen LogP contribution in [-0.2, 0) is 9.53 Å². The van der Waals surface area contributed by atoms with Gasteiger partial charge in [0.25, 0.3) is 0 Å². The summed E-state index contributed by atoms with van der Waals surface area (Å²) in [5.74, 6) is 6.92. The minimum Gasteiger partial charge on any atom is -0.494 e. The van der Waals surface area contributed by atoms with E-state index >= 15 is 0 Å². The highest BCUT2D eigenvalue weighted by atomic mass is 16.5. The summed E-state index contributed by atoms with van der Waals surface area (Å²) in [7, 11) is 0. The molecule has 0 amide bonds. The Morgan fingerprint density at radius 3 is 2.29 bits per heavy atom. The van der Waals surface area contributed by atoms with Crippen molar-refractivity contribution in [2.24, 2.45) is 46.3 Å². The lowest BCUT2D eigenvalue weighted by Gasteiger charge is -2.58. The first kappa shape index (κ1) is 41.9. The van der Waals surface area contributed by atoms with E-state index in [1.54, 1.807) is 5.57 Å². The van der Waals surface area contributed by atoms with E-state index in [0.717, 1.165) is 103 Å². The SMILES string of the molecule is CCCCCCOc1ccc(-c2cccc(OCCCCCC(=O)O[C@H]3CC[C@@]4(C)C(=CC[C@H]5[C@@H]6CC[C@H]([C@H](C)CCCC(C)C)[C@@]6(C)CC[C@@H]54)C3)c2)cc1. The Kier molecular flexibility index (Phi) is 14.9. The van der Waals surface area contributed by atoms with Gasteiger partial charge in [0.05, 0.1) is 13.2 Å². The molecule has 2 aromatic carbocycles. The zero-order valence-electron chi connectivity index (χ0n) is 35.7. The van der Waals surface area contributed by atoms with Crippen LogP contribution in [-0.4, -0.2) is 25.3 Å². The number of hydrogen-bond acceptors (Lipinski definition) is 4. The summed E-state index contributed by atoms with van der Waals surface area (Å²) in [6.07, 6.45) is 25.1. The fourth-order valence-electron chi connectivity index (χ4n) is 12.0. The van der Waals surface area contributed by atoms with E-state index in [4.69, 9.17) is 14.2 Å². The first-order chi connectivity index (χ1) is 26.6. The normalized spacial score (nSPS) is 29.1. The molecule has 6 rings (SSSR count). The van der Waals surface area contributed by atoms with Crippen LogP contribution in [0.15, 0.2) is 60.2 Å². The van der Waals surface area contributed by atoms with Gasteiger partial charge in [0.2, 0.25) is 0 Å². The molecule has 8 atom stereocenters. The smallest absolute Gasteiger partial charge is 0.306 e. The highest BCUT2D eigenvalue weighted by Crippen LogP contribution is 2.67. The van der Waals surface area contributed by atoms with Gasteiger partial charge >= 0.3 is 5.97 Å². The van der Waals surface area contributed by atoms with Crippen LogP contribution in [0.5, 0.6) is 11.5 Å². The van der Waals surface area contributed by atoms with Crippen molar-refractivity contribution in [2.75, 3.05) is 13.2 Å². The van der Waals surface area contributed by atoms with Crippen LogP contribution in [0.3, 0.4) is 0 Å². The molecule has 2 aromatic rings. The number of rotatable bonds is 20. The van der Waals surface area contributed by atoms with Crippen molar-refractivity contribution in [3.05, 3.63) is 60.2 Å². The third-order valence-corrected chi connectivity index (χ3v) is 15.1. The van der Waals surface area contributed by atoms with Crippen molar-refractivity contribution in [1.82, 2.24) is 0 Å². The van der Waals surface area contributed by atoms with E-state index in [2.05, 4.69) is 90.1 Å². The molecular formula is C51H76O4. The molecule has 4 nitrogen and oxygen atoms in total. The lowest BCUT2D eigenvalue weighted by Crippen LogP contribution is -2.51. The summed E-state index contributed by atoms with van der Waals surface area (Å²) < 4.78 is 18.2. The molecule has 0 spiro atoms. The average Bonchev–Trinajstić information content (AvgIpc) is 3.54. The Morgan fingerprint density at radius 1 is 0.764 bits per heavy atom. The molecule has 4 aliphatic rings. The predicted molar refractivity (Wildman–Crippen MR) is 228 cm³/mol. The molecule has 0 heterocycles. The van der Waals surface area contributed by atoms with Crippen LogP contribution in [0.4, 0.5) is 0 Å². The van der Waals surface area contributed by atoms with Gasteiger partial charge in [-0.2, -0.15) is 0 Å². The molecule has 0 aromatic heterocycles. The lowest BCUT2D eigenvalue weighted by atomic mass is 9.47. The largest absolute Gasteiger partial charge is 0.494 e. The van der Waals surface area contributed by atoms with E-state index < -0.39 is 0 Å². The van der Waals surface area contributed by atoms with E-state index in [9.17, 15) is 4.79 Å². The van der Waals surface area contributed by atoms with Gasteiger partial charge in [-0.15, -0.1) is 0 Å². The first-order valence-electron chi connectivity index (χ1n) is 23.0. The number of fused-ring (bicyclic) bond motifs is 5. The number of benzene rings is 2. The summed E-state index contributed by atoms with van der Waals surface area (Å²) in [5, 5.41) is 0. The second-order valence-electron chi connectivity index (χ2n) is 19.3. The zero-order chi connectivity index (χ0) is 38.8. The Bertz CT molecular complexity index is 1530. The van der Waals surface area contributed by atoms with Gasteiger partial charge < -0.3 is 14.2 Å². The standard InChI is InChI=1S/C51H76O4/c1-7-8-9-12-33-53-42-24-21-39(22-25-42)40-18-15-19-43(35-40)54-34-13-10-11-20-49(52)55-44-29-31-50(5)41(36-44)23-26-45-47-28-27-46(38(4)17-14-16-37(2)3)51(47,6)32-30-48(45)50/h15,18-19,21-25,35,37-38,44-48H,7-14,16-17,20,26-34,36H2,1-6H3/t38-,44+,45+,46-,47+,48+,50+,51-/m1/s1. The van der Waals surface area contributed by atoms with Gasteiger partial charge in [-0.25, -0.2) is 0 Å². The van der Waals surface area contributed by atoms with Crippen LogP contribution in [0, 0.1) is 46.3 Å². The van der Waals surface area contributed by atoms with Gasteiger partial charge in [-0.1, -0.05) is 116 Å². The van der Waals surface area contributed by atoms with E-state index in [1.165, 1.54) is 77.0 Å². The average molecular weight is 753 g/mol. The van der Waals surface area contributed by atoms with Crippen molar-refractivity contribution < 1.29 is 19.0 Å². The van der Waals surface area contributed by atoms with Crippen LogP contribution in [0.25, 0.3) is 11.1 Å².